The molecule has 144 valence electrons. The van der Waals surface area contributed by atoms with Crippen LogP contribution in [0.5, 0.6) is 5.75 Å². The second-order valence-corrected chi connectivity index (χ2v) is 7.29. The van der Waals surface area contributed by atoms with E-state index in [0.29, 0.717) is 18.1 Å². The topological polar surface area (TPSA) is 58.6 Å². The Balaban J connectivity index is 1.63. The van der Waals surface area contributed by atoms with E-state index >= 15 is 0 Å². The molecule has 0 aliphatic carbocycles. The Hall–Kier alpha value is -3.15. The van der Waals surface area contributed by atoms with Gasteiger partial charge in [0.25, 0.3) is 5.91 Å². The Kier molecular flexibility index (Phi) is 4.86. The number of carbonyl (C=O) groups excluding carboxylic acids is 1. The fourth-order valence-corrected chi connectivity index (χ4v) is 3.58. The molecule has 4 rings (SSSR count). The molecule has 0 bridgehead atoms. The Morgan fingerprint density at radius 3 is 2.32 bits per heavy atom. The fourth-order valence-electron chi connectivity index (χ4n) is 3.58. The summed E-state index contributed by atoms with van der Waals surface area (Å²) in [6, 6.07) is 13.7. The van der Waals surface area contributed by atoms with Crippen LogP contribution in [0.1, 0.15) is 17.5 Å². The fraction of sp³-hybridized carbons (Fsp3) is 0.318. The van der Waals surface area contributed by atoms with Crippen LogP contribution in [0.4, 0.5) is 11.6 Å². The predicted octanol–water partition coefficient (Wildman–Crippen LogP) is 3.50. The van der Waals surface area contributed by atoms with Crippen molar-refractivity contribution in [3.63, 3.8) is 0 Å². The number of aryl methyl sites for hydroxylation is 2. The van der Waals surface area contributed by atoms with E-state index in [2.05, 4.69) is 11.0 Å². The SMILES string of the molecule is Cc1cc(C)cc(OCC(=O)N2CCCN(C)c3nc4ccccc4nc32)c1. The number of hydrogen-bond acceptors (Lipinski definition) is 5. The minimum atomic E-state index is -0.111. The van der Waals surface area contributed by atoms with Crippen LogP contribution in [-0.4, -0.2) is 42.6 Å². The number of nitrogens with zero attached hydrogens (tertiary/aromatic N) is 4. The number of amides is 1. The monoisotopic (exact) mass is 376 g/mol. The van der Waals surface area contributed by atoms with Crippen LogP contribution in [0, 0.1) is 13.8 Å². The average molecular weight is 376 g/mol. The highest BCUT2D eigenvalue weighted by molar-refractivity contribution is 5.97. The van der Waals surface area contributed by atoms with Crippen molar-refractivity contribution in [2.45, 2.75) is 20.3 Å². The summed E-state index contributed by atoms with van der Waals surface area (Å²) < 4.78 is 5.80. The third-order valence-corrected chi connectivity index (χ3v) is 4.89. The first kappa shape index (κ1) is 18.2. The molecule has 0 saturated heterocycles. The van der Waals surface area contributed by atoms with Crippen LogP contribution < -0.4 is 14.5 Å². The Labute approximate surface area is 164 Å². The number of hydrogen-bond donors (Lipinski definition) is 0. The van der Waals surface area contributed by atoms with Crippen molar-refractivity contribution >= 4 is 28.6 Å². The maximum Gasteiger partial charge on any atom is 0.266 e. The molecule has 0 radical (unpaired) electrons. The first-order chi connectivity index (χ1) is 13.5. The quantitative estimate of drug-likeness (QED) is 0.700. The zero-order valence-corrected chi connectivity index (χ0v) is 16.5. The molecule has 1 aliphatic rings. The molecule has 2 heterocycles. The highest BCUT2D eigenvalue weighted by Gasteiger charge is 2.27. The van der Waals surface area contributed by atoms with Gasteiger partial charge in [0.15, 0.2) is 18.2 Å². The van der Waals surface area contributed by atoms with Gasteiger partial charge in [-0.15, -0.1) is 0 Å². The number of carbonyl (C=O) groups is 1. The predicted molar refractivity (Wildman–Crippen MR) is 111 cm³/mol. The normalized spacial score (nSPS) is 14.0. The first-order valence-corrected chi connectivity index (χ1v) is 9.50. The van der Waals surface area contributed by atoms with Crippen molar-refractivity contribution in [1.82, 2.24) is 9.97 Å². The van der Waals surface area contributed by atoms with Gasteiger partial charge in [-0.05, 0) is 55.7 Å². The number of para-hydroxylation sites is 2. The minimum absolute atomic E-state index is 0.0272. The lowest BCUT2D eigenvalue weighted by molar-refractivity contribution is -0.120. The van der Waals surface area contributed by atoms with E-state index in [0.717, 1.165) is 40.9 Å². The van der Waals surface area contributed by atoms with Gasteiger partial charge in [0.05, 0.1) is 11.0 Å². The van der Waals surface area contributed by atoms with E-state index in [-0.39, 0.29) is 12.5 Å². The van der Waals surface area contributed by atoms with Gasteiger partial charge in [-0.3, -0.25) is 9.69 Å². The zero-order chi connectivity index (χ0) is 19.7. The van der Waals surface area contributed by atoms with Crippen LogP contribution in [0.25, 0.3) is 11.0 Å². The zero-order valence-electron chi connectivity index (χ0n) is 16.5. The summed E-state index contributed by atoms with van der Waals surface area (Å²) in [6.45, 7) is 5.42. The van der Waals surface area contributed by atoms with E-state index in [1.54, 1.807) is 4.90 Å². The van der Waals surface area contributed by atoms with Crippen molar-refractivity contribution in [3.05, 3.63) is 53.6 Å². The first-order valence-electron chi connectivity index (χ1n) is 9.50. The number of rotatable bonds is 3. The Morgan fingerprint density at radius 1 is 1.00 bits per heavy atom. The summed E-state index contributed by atoms with van der Waals surface area (Å²) in [5, 5.41) is 0. The third-order valence-electron chi connectivity index (χ3n) is 4.89. The molecule has 0 N–H and O–H groups in total. The van der Waals surface area contributed by atoms with Gasteiger partial charge in [-0.2, -0.15) is 0 Å². The van der Waals surface area contributed by atoms with Gasteiger partial charge < -0.3 is 9.64 Å². The maximum absolute atomic E-state index is 13.0. The number of anilines is 2. The molecule has 6 heteroatoms. The van der Waals surface area contributed by atoms with Crippen LogP contribution in [-0.2, 0) is 4.79 Å². The van der Waals surface area contributed by atoms with Gasteiger partial charge in [-0.25, -0.2) is 9.97 Å². The van der Waals surface area contributed by atoms with Crippen molar-refractivity contribution in [3.8, 4) is 5.75 Å². The molecule has 2 aromatic carbocycles. The standard InChI is InChI=1S/C22H24N4O2/c1-15-11-16(2)13-17(12-15)28-14-20(27)26-10-6-9-25(3)21-22(26)24-19-8-5-4-7-18(19)23-21/h4-5,7-8,11-13H,6,9-10,14H2,1-3H3. The van der Waals surface area contributed by atoms with Crippen LogP contribution in [0.3, 0.4) is 0 Å². The highest BCUT2D eigenvalue weighted by atomic mass is 16.5. The molecular weight excluding hydrogens is 352 g/mol. The lowest BCUT2D eigenvalue weighted by Gasteiger charge is -2.23. The molecule has 0 atom stereocenters. The molecule has 1 amide bonds. The van der Waals surface area contributed by atoms with E-state index in [1.165, 1.54) is 0 Å². The highest BCUT2D eigenvalue weighted by Crippen LogP contribution is 2.30. The largest absolute Gasteiger partial charge is 0.484 e. The second kappa shape index (κ2) is 7.46. The third kappa shape index (κ3) is 3.63. The molecule has 6 nitrogen and oxygen atoms in total. The van der Waals surface area contributed by atoms with Crippen LogP contribution >= 0.6 is 0 Å². The molecule has 0 saturated carbocycles. The molecule has 1 aliphatic heterocycles. The van der Waals surface area contributed by atoms with Crippen molar-refractivity contribution in [2.24, 2.45) is 0 Å². The van der Waals surface area contributed by atoms with Crippen molar-refractivity contribution < 1.29 is 9.53 Å². The van der Waals surface area contributed by atoms with E-state index < -0.39 is 0 Å². The van der Waals surface area contributed by atoms with Gasteiger partial charge in [0.2, 0.25) is 0 Å². The summed E-state index contributed by atoms with van der Waals surface area (Å²) >= 11 is 0. The van der Waals surface area contributed by atoms with Crippen LogP contribution in [0.15, 0.2) is 42.5 Å². The minimum Gasteiger partial charge on any atom is -0.484 e. The molecule has 28 heavy (non-hydrogen) atoms. The Morgan fingerprint density at radius 2 is 1.64 bits per heavy atom. The number of aromatic nitrogens is 2. The van der Waals surface area contributed by atoms with Crippen molar-refractivity contribution in [1.29, 1.82) is 0 Å². The van der Waals surface area contributed by atoms with Gasteiger partial charge in [0, 0.05) is 20.1 Å². The number of ether oxygens (including phenoxy) is 1. The average Bonchev–Trinajstić information content (AvgIpc) is 2.83. The summed E-state index contributed by atoms with van der Waals surface area (Å²) in [5.41, 5.74) is 3.83. The smallest absolute Gasteiger partial charge is 0.266 e. The summed E-state index contributed by atoms with van der Waals surface area (Å²) in [7, 11) is 1.99. The molecule has 0 spiro atoms. The van der Waals surface area contributed by atoms with E-state index in [4.69, 9.17) is 14.7 Å². The number of fused-ring (bicyclic) bond motifs is 2. The molecule has 0 unspecified atom stereocenters. The maximum atomic E-state index is 13.0. The summed E-state index contributed by atoms with van der Waals surface area (Å²) in [5.74, 6) is 1.94. The van der Waals surface area contributed by atoms with E-state index in [9.17, 15) is 4.79 Å². The molecule has 3 aromatic rings. The Bertz CT molecular complexity index is 1010. The molecule has 0 fully saturated rings. The summed E-state index contributed by atoms with van der Waals surface area (Å²) in [4.78, 5) is 26.3. The molecular formula is C22H24N4O2. The number of benzene rings is 2. The van der Waals surface area contributed by atoms with Crippen LogP contribution in [0.2, 0.25) is 0 Å². The van der Waals surface area contributed by atoms with Gasteiger partial charge in [-0.1, -0.05) is 18.2 Å². The van der Waals surface area contributed by atoms with Crippen molar-refractivity contribution in [2.75, 3.05) is 36.5 Å². The lowest BCUT2D eigenvalue weighted by atomic mass is 10.1. The lowest BCUT2D eigenvalue weighted by Crippen LogP contribution is -2.36. The molecule has 1 aromatic heterocycles. The van der Waals surface area contributed by atoms with Gasteiger partial charge in [0.1, 0.15) is 5.75 Å². The van der Waals surface area contributed by atoms with E-state index in [1.807, 2.05) is 57.3 Å². The summed E-state index contributed by atoms with van der Waals surface area (Å²) in [6.07, 6.45) is 0.847. The van der Waals surface area contributed by atoms with Gasteiger partial charge >= 0.3 is 0 Å². The second-order valence-electron chi connectivity index (χ2n) is 7.29.